The van der Waals surface area contributed by atoms with Gasteiger partial charge in [-0.1, -0.05) is 36.8 Å². The molecule has 1 heterocycles. The first-order valence-corrected chi connectivity index (χ1v) is 8.39. The molecule has 5 atom stereocenters. The Balaban J connectivity index is 1.49. The summed E-state index contributed by atoms with van der Waals surface area (Å²) in [6.45, 7) is 0. The number of carbonyl (C=O) groups is 2. The molecule has 2 aliphatic carbocycles. The minimum absolute atomic E-state index is 0.00197. The van der Waals surface area contributed by atoms with Crippen LogP contribution in [0.25, 0.3) is 0 Å². The highest BCUT2D eigenvalue weighted by Crippen LogP contribution is 2.55. The Kier molecular flexibility index (Phi) is 3.40. The van der Waals surface area contributed by atoms with Gasteiger partial charge in [-0.05, 0) is 36.7 Å². The average Bonchev–Trinajstić information content (AvgIpc) is 3.13. The number of carbonyl (C=O) groups excluding carboxylic acids is 2. The number of amides is 2. The van der Waals surface area contributed by atoms with Crippen molar-refractivity contribution in [3.63, 3.8) is 0 Å². The van der Waals surface area contributed by atoms with Crippen molar-refractivity contribution in [3.8, 4) is 0 Å². The van der Waals surface area contributed by atoms with Crippen LogP contribution in [-0.4, -0.2) is 23.9 Å². The molecule has 1 saturated heterocycles. The largest absolute Gasteiger partial charge is 0.351 e. The maximum atomic E-state index is 12.4. The zero-order chi connectivity index (χ0) is 15.1. The second-order valence-electron chi connectivity index (χ2n) is 6.89. The Morgan fingerprint density at radius 3 is 2.59 bits per heavy atom. The SMILES string of the molecule is O=C1CCC(C(=O)NC2C3CCCC3C2c2ccccc2)N1. The molecule has 1 aromatic carbocycles. The summed E-state index contributed by atoms with van der Waals surface area (Å²) in [4.78, 5) is 23.7. The fourth-order valence-electron chi connectivity index (χ4n) is 4.70. The molecule has 22 heavy (non-hydrogen) atoms. The van der Waals surface area contributed by atoms with E-state index < -0.39 is 0 Å². The third-order valence-corrected chi connectivity index (χ3v) is 5.74. The van der Waals surface area contributed by atoms with Crippen molar-refractivity contribution in [2.45, 2.75) is 50.1 Å². The van der Waals surface area contributed by atoms with Crippen LogP contribution in [0.4, 0.5) is 0 Å². The first-order chi connectivity index (χ1) is 10.7. The van der Waals surface area contributed by atoms with E-state index in [9.17, 15) is 9.59 Å². The second kappa shape index (κ2) is 5.41. The van der Waals surface area contributed by atoms with E-state index in [-0.39, 0.29) is 23.9 Å². The van der Waals surface area contributed by atoms with E-state index in [0.717, 1.165) is 0 Å². The summed E-state index contributed by atoms with van der Waals surface area (Å²) in [7, 11) is 0. The van der Waals surface area contributed by atoms with Gasteiger partial charge in [0.2, 0.25) is 11.8 Å². The minimum atomic E-state index is -0.329. The summed E-state index contributed by atoms with van der Waals surface area (Å²) in [5.74, 6) is 1.76. The van der Waals surface area contributed by atoms with Crippen LogP contribution in [0.1, 0.15) is 43.6 Å². The van der Waals surface area contributed by atoms with Crippen LogP contribution in [0.2, 0.25) is 0 Å². The van der Waals surface area contributed by atoms with Crippen molar-refractivity contribution in [1.82, 2.24) is 10.6 Å². The number of fused-ring (bicyclic) bond motifs is 1. The fourth-order valence-corrected chi connectivity index (χ4v) is 4.70. The molecular formula is C18H22N2O2. The van der Waals surface area contributed by atoms with Gasteiger partial charge in [0.15, 0.2) is 0 Å². The van der Waals surface area contributed by atoms with E-state index in [4.69, 9.17) is 0 Å². The molecule has 3 fully saturated rings. The highest BCUT2D eigenvalue weighted by Gasteiger charge is 2.53. The topological polar surface area (TPSA) is 58.2 Å². The molecule has 4 rings (SSSR count). The fraction of sp³-hybridized carbons (Fsp3) is 0.556. The van der Waals surface area contributed by atoms with Gasteiger partial charge in [0, 0.05) is 18.4 Å². The number of benzene rings is 1. The summed E-state index contributed by atoms with van der Waals surface area (Å²) in [6.07, 6.45) is 4.86. The lowest BCUT2D eigenvalue weighted by molar-refractivity contribution is -0.127. The normalized spacial score (nSPS) is 36.4. The summed E-state index contributed by atoms with van der Waals surface area (Å²) in [6, 6.07) is 10.5. The molecule has 3 aliphatic rings. The van der Waals surface area contributed by atoms with E-state index in [1.165, 1.54) is 24.8 Å². The summed E-state index contributed by atoms with van der Waals surface area (Å²) in [5, 5.41) is 6.02. The molecule has 1 aliphatic heterocycles. The van der Waals surface area contributed by atoms with Crippen LogP contribution in [0.15, 0.2) is 30.3 Å². The van der Waals surface area contributed by atoms with Gasteiger partial charge in [-0.15, -0.1) is 0 Å². The third kappa shape index (κ3) is 2.21. The maximum absolute atomic E-state index is 12.4. The Bertz CT molecular complexity index is 586. The number of hydrogen-bond donors (Lipinski definition) is 2. The first-order valence-electron chi connectivity index (χ1n) is 8.39. The summed E-state index contributed by atoms with van der Waals surface area (Å²) >= 11 is 0. The Labute approximate surface area is 130 Å². The van der Waals surface area contributed by atoms with E-state index >= 15 is 0 Å². The highest BCUT2D eigenvalue weighted by atomic mass is 16.2. The van der Waals surface area contributed by atoms with Gasteiger partial charge >= 0.3 is 0 Å². The third-order valence-electron chi connectivity index (χ3n) is 5.74. The van der Waals surface area contributed by atoms with Crippen molar-refractivity contribution in [1.29, 1.82) is 0 Å². The van der Waals surface area contributed by atoms with Crippen molar-refractivity contribution < 1.29 is 9.59 Å². The predicted octanol–water partition coefficient (Wildman–Crippen LogP) is 1.96. The predicted molar refractivity (Wildman–Crippen MR) is 83.1 cm³/mol. The van der Waals surface area contributed by atoms with Crippen LogP contribution < -0.4 is 10.6 Å². The van der Waals surface area contributed by atoms with Crippen molar-refractivity contribution >= 4 is 11.8 Å². The quantitative estimate of drug-likeness (QED) is 0.896. The van der Waals surface area contributed by atoms with E-state index in [1.807, 2.05) is 6.07 Å². The highest BCUT2D eigenvalue weighted by molar-refractivity contribution is 5.91. The smallest absolute Gasteiger partial charge is 0.242 e. The lowest BCUT2D eigenvalue weighted by Crippen LogP contribution is -2.59. The van der Waals surface area contributed by atoms with Gasteiger partial charge in [-0.2, -0.15) is 0 Å². The van der Waals surface area contributed by atoms with Crippen LogP contribution in [-0.2, 0) is 9.59 Å². The molecule has 116 valence electrons. The van der Waals surface area contributed by atoms with Crippen LogP contribution in [0, 0.1) is 11.8 Å². The molecule has 2 saturated carbocycles. The van der Waals surface area contributed by atoms with Gasteiger partial charge in [-0.25, -0.2) is 0 Å². The van der Waals surface area contributed by atoms with Crippen molar-refractivity contribution in [2.75, 3.05) is 0 Å². The molecule has 4 nitrogen and oxygen atoms in total. The Morgan fingerprint density at radius 1 is 1.09 bits per heavy atom. The zero-order valence-electron chi connectivity index (χ0n) is 12.6. The van der Waals surface area contributed by atoms with Gasteiger partial charge in [0.1, 0.15) is 6.04 Å². The molecule has 0 spiro atoms. The Hall–Kier alpha value is -1.84. The van der Waals surface area contributed by atoms with Crippen molar-refractivity contribution in [3.05, 3.63) is 35.9 Å². The first kappa shape index (κ1) is 13.8. The van der Waals surface area contributed by atoms with E-state index in [0.29, 0.717) is 30.6 Å². The summed E-state index contributed by atoms with van der Waals surface area (Å²) in [5.41, 5.74) is 1.34. The van der Waals surface area contributed by atoms with Crippen LogP contribution in [0.5, 0.6) is 0 Å². The lowest BCUT2D eigenvalue weighted by atomic mass is 9.59. The van der Waals surface area contributed by atoms with Crippen LogP contribution in [0.3, 0.4) is 0 Å². The zero-order valence-corrected chi connectivity index (χ0v) is 12.6. The molecule has 1 aromatic rings. The summed E-state index contributed by atoms with van der Waals surface area (Å²) < 4.78 is 0. The monoisotopic (exact) mass is 298 g/mol. The second-order valence-corrected chi connectivity index (χ2v) is 6.89. The maximum Gasteiger partial charge on any atom is 0.242 e. The Morgan fingerprint density at radius 2 is 1.86 bits per heavy atom. The molecular weight excluding hydrogens is 276 g/mol. The number of rotatable bonds is 3. The number of nitrogens with one attached hydrogen (secondary N) is 2. The van der Waals surface area contributed by atoms with Crippen LogP contribution >= 0.6 is 0 Å². The lowest BCUT2D eigenvalue weighted by Gasteiger charge is -2.50. The molecule has 0 radical (unpaired) electrons. The van der Waals surface area contributed by atoms with Gasteiger partial charge in [0.05, 0.1) is 0 Å². The van der Waals surface area contributed by atoms with E-state index in [2.05, 4.69) is 34.9 Å². The van der Waals surface area contributed by atoms with Gasteiger partial charge in [-0.3, -0.25) is 9.59 Å². The van der Waals surface area contributed by atoms with Gasteiger partial charge in [0.25, 0.3) is 0 Å². The molecule has 0 aromatic heterocycles. The molecule has 2 amide bonds. The van der Waals surface area contributed by atoms with E-state index in [1.54, 1.807) is 0 Å². The molecule has 4 heteroatoms. The molecule has 0 bridgehead atoms. The minimum Gasteiger partial charge on any atom is -0.351 e. The number of hydrogen-bond acceptors (Lipinski definition) is 2. The average molecular weight is 298 g/mol. The molecule has 5 unspecified atom stereocenters. The van der Waals surface area contributed by atoms with Crippen molar-refractivity contribution in [2.24, 2.45) is 11.8 Å². The molecule has 2 N–H and O–H groups in total. The van der Waals surface area contributed by atoms with Gasteiger partial charge < -0.3 is 10.6 Å². The standard InChI is InChI=1S/C18H22N2O2/c21-15-10-9-14(19-15)18(22)20-17-13-8-4-7-12(13)16(17)11-5-2-1-3-6-11/h1-3,5-6,12-14,16-17H,4,7-10H2,(H,19,21)(H,20,22).